The first-order valence-electron chi connectivity index (χ1n) is 11.2. The Kier molecular flexibility index (Phi) is 7.58. The highest BCUT2D eigenvalue weighted by Gasteiger charge is 2.19. The van der Waals surface area contributed by atoms with E-state index in [1.165, 1.54) is 5.69 Å². The van der Waals surface area contributed by atoms with Gasteiger partial charge in [0.05, 0.1) is 0 Å². The van der Waals surface area contributed by atoms with Gasteiger partial charge in [0.1, 0.15) is 0 Å². The lowest BCUT2D eigenvalue weighted by molar-refractivity contribution is 0.0949. The zero-order valence-corrected chi connectivity index (χ0v) is 19.1. The molecule has 7 heteroatoms. The fourth-order valence-corrected chi connectivity index (χ4v) is 4.29. The molecule has 0 aliphatic carbocycles. The summed E-state index contributed by atoms with van der Waals surface area (Å²) < 4.78 is 0. The number of nitrogens with one attached hydrogen (secondary N) is 2. The van der Waals surface area contributed by atoms with Crippen LogP contribution >= 0.6 is 11.6 Å². The zero-order valence-electron chi connectivity index (χ0n) is 18.3. The molecule has 2 N–H and O–H groups in total. The van der Waals surface area contributed by atoms with Crippen molar-refractivity contribution in [3.63, 3.8) is 0 Å². The molecule has 2 heterocycles. The lowest BCUT2D eigenvalue weighted by Crippen LogP contribution is -2.35. The molecular weight excluding hydrogens is 436 g/mol. The lowest BCUT2D eigenvalue weighted by Gasteiger charge is -2.33. The highest BCUT2D eigenvalue weighted by atomic mass is 35.5. The lowest BCUT2D eigenvalue weighted by atomic mass is 9.93. The van der Waals surface area contributed by atoms with Crippen molar-refractivity contribution in [2.24, 2.45) is 5.92 Å². The molecule has 4 rings (SSSR count). The molecular formula is C26H27ClN4O2. The van der Waals surface area contributed by atoms with Gasteiger partial charge in [-0.3, -0.25) is 14.6 Å². The Bertz CT molecular complexity index is 1100. The summed E-state index contributed by atoms with van der Waals surface area (Å²) in [5, 5.41) is 6.34. The molecule has 0 spiro atoms. The molecule has 1 aliphatic heterocycles. The van der Waals surface area contributed by atoms with Gasteiger partial charge in [-0.25, -0.2) is 0 Å². The van der Waals surface area contributed by atoms with Crippen molar-refractivity contribution in [1.82, 2.24) is 10.3 Å². The third-order valence-electron chi connectivity index (χ3n) is 5.95. The van der Waals surface area contributed by atoms with E-state index in [2.05, 4.69) is 20.5 Å². The number of rotatable bonds is 7. The van der Waals surface area contributed by atoms with Crippen molar-refractivity contribution in [3.05, 3.63) is 89.2 Å². The van der Waals surface area contributed by atoms with Gasteiger partial charge in [-0.2, -0.15) is 0 Å². The average Bonchev–Trinajstić information content (AvgIpc) is 2.85. The fraction of sp³-hybridized carbons (Fsp3) is 0.269. The van der Waals surface area contributed by atoms with Crippen LogP contribution in [0.15, 0.2) is 73.1 Å². The van der Waals surface area contributed by atoms with Crippen LogP contribution < -0.4 is 15.5 Å². The number of carbonyl (C=O) groups is 2. The highest BCUT2D eigenvalue weighted by molar-refractivity contribution is 6.31. The van der Waals surface area contributed by atoms with Gasteiger partial charge >= 0.3 is 0 Å². The number of anilines is 2. The summed E-state index contributed by atoms with van der Waals surface area (Å²) in [6, 6.07) is 17.8. The van der Waals surface area contributed by atoms with Crippen molar-refractivity contribution in [2.75, 3.05) is 29.9 Å². The van der Waals surface area contributed by atoms with Crippen LogP contribution in [0.2, 0.25) is 5.02 Å². The molecule has 33 heavy (non-hydrogen) atoms. The monoisotopic (exact) mass is 462 g/mol. The fourth-order valence-electron chi connectivity index (χ4n) is 4.10. The van der Waals surface area contributed by atoms with E-state index in [9.17, 15) is 9.59 Å². The number of amides is 2. The number of hydrogen-bond donors (Lipinski definition) is 2. The van der Waals surface area contributed by atoms with Crippen molar-refractivity contribution < 1.29 is 9.59 Å². The summed E-state index contributed by atoms with van der Waals surface area (Å²) in [5.41, 5.74) is 2.77. The van der Waals surface area contributed by atoms with Gasteiger partial charge in [0.25, 0.3) is 11.8 Å². The van der Waals surface area contributed by atoms with Crippen LogP contribution in [0.25, 0.3) is 0 Å². The molecule has 6 nitrogen and oxygen atoms in total. The Morgan fingerprint density at radius 2 is 1.64 bits per heavy atom. The summed E-state index contributed by atoms with van der Waals surface area (Å²) in [6.45, 7) is 2.69. The first-order valence-corrected chi connectivity index (χ1v) is 11.6. The second-order valence-corrected chi connectivity index (χ2v) is 8.66. The summed E-state index contributed by atoms with van der Waals surface area (Å²) in [6.07, 6.45) is 6.84. The molecule has 0 unspecified atom stereocenters. The second kappa shape index (κ2) is 11.0. The van der Waals surface area contributed by atoms with Crippen molar-refractivity contribution in [1.29, 1.82) is 0 Å². The predicted molar refractivity (Wildman–Crippen MR) is 132 cm³/mol. The van der Waals surface area contributed by atoms with Crippen LogP contribution in [-0.4, -0.2) is 36.4 Å². The maximum Gasteiger partial charge on any atom is 0.255 e. The molecule has 1 aliphatic rings. The maximum atomic E-state index is 12.6. The van der Waals surface area contributed by atoms with Gasteiger partial charge in [-0.1, -0.05) is 23.7 Å². The number of halogens is 1. The van der Waals surface area contributed by atoms with Gasteiger partial charge in [0.2, 0.25) is 0 Å². The molecule has 0 saturated carbocycles. The van der Waals surface area contributed by atoms with Gasteiger partial charge in [0, 0.05) is 59.6 Å². The van der Waals surface area contributed by atoms with E-state index in [1.807, 2.05) is 24.5 Å². The highest BCUT2D eigenvalue weighted by Crippen LogP contribution is 2.24. The van der Waals surface area contributed by atoms with Crippen molar-refractivity contribution in [3.8, 4) is 0 Å². The normalized spacial score (nSPS) is 14.0. The van der Waals surface area contributed by atoms with Crippen molar-refractivity contribution in [2.45, 2.75) is 19.3 Å². The van der Waals surface area contributed by atoms with Gasteiger partial charge in [0.15, 0.2) is 0 Å². The van der Waals surface area contributed by atoms with Gasteiger partial charge in [-0.15, -0.1) is 0 Å². The second-order valence-electron chi connectivity index (χ2n) is 8.23. The summed E-state index contributed by atoms with van der Waals surface area (Å²) in [5.74, 6) is 0.197. The van der Waals surface area contributed by atoms with Crippen LogP contribution in [0, 0.1) is 5.92 Å². The smallest absolute Gasteiger partial charge is 0.255 e. The predicted octanol–water partition coefficient (Wildman–Crippen LogP) is 5.02. The first kappa shape index (κ1) is 22.8. The molecule has 2 aromatic carbocycles. The van der Waals surface area contributed by atoms with E-state index < -0.39 is 0 Å². The number of nitrogens with zero attached hydrogens (tertiary/aromatic N) is 2. The Hall–Kier alpha value is -3.38. The van der Waals surface area contributed by atoms with Gasteiger partial charge < -0.3 is 15.5 Å². The van der Waals surface area contributed by atoms with E-state index in [0.29, 0.717) is 34.3 Å². The van der Waals surface area contributed by atoms with Gasteiger partial charge in [-0.05, 0) is 73.7 Å². The Morgan fingerprint density at radius 1 is 0.939 bits per heavy atom. The molecule has 1 fully saturated rings. The molecule has 170 valence electrons. The van der Waals surface area contributed by atoms with Crippen LogP contribution in [0.5, 0.6) is 0 Å². The quantitative estimate of drug-likeness (QED) is 0.516. The molecule has 1 aromatic heterocycles. The third kappa shape index (κ3) is 6.33. The summed E-state index contributed by atoms with van der Waals surface area (Å²) >= 11 is 5.96. The Labute approximate surface area is 199 Å². The topological polar surface area (TPSA) is 74.3 Å². The maximum absolute atomic E-state index is 12.6. The minimum atomic E-state index is -0.270. The molecule has 0 atom stereocenters. The number of pyridine rings is 1. The van der Waals surface area contributed by atoms with E-state index in [0.717, 1.165) is 32.4 Å². The first-order chi connectivity index (χ1) is 16.1. The largest absolute Gasteiger partial charge is 0.371 e. The van der Waals surface area contributed by atoms with E-state index in [1.54, 1.807) is 48.5 Å². The van der Waals surface area contributed by atoms with Crippen LogP contribution in [0.3, 0.4) is 0 Å². The zero-order chi connectivity index (χ0) is 23.0. The van der Waals surface area contributed by atoms with E-state index in [-0.39, 0.29) is 11.8 Å². The Morgan fingerprint density at radius 3 is 2.36 bits per heavy atom. The number of aromatic nitrogens is 1. The number of benzene rings is 2. The minimum absolute atomic E-state index is 0.136. The third-order valence-corrected chi connectivity index (χ3v) is 6.19. The molecule has 2 amide bonds. The average molecular weight is 463 g/mol. The number of hydrogen-bond acceptors (Lipinski definition) is 4. The summed E-state index contributed by atoms with van der Waals surface area (Å²) in [7, 11) is 0. The summed E-state index contributed by atoms with van der Waals surface area (Å²) in [4.78, 5) is 31.5. The Balaban J connectivity index is 1.23. The number of carbonyl (C=O) groups excluding carboxylic acids is 2. The minimum Gasteiger partial charge on any atom is -0.371 e. The van der Waals surface area contributed by atoms with E-state index in [4.69, 9.17) is 11.6 Å². The molecule has 1 saturated heterocycles. The van der Waals surface area contributed by atoms with Crippen molar-refractivity contribution >= 4 is 34.8 Å². The SMILES string of the molecule is O=C(NCCC1CCN(c2ccncc2)CC1)c1cccc(NC(=O)c2cccc(Cl)c2)c1. The molecule has 3 aromatic rings. The molecule has 0 bridgehead atoms. The molecule has 0 radical (unpaired) electrons. The van der Waals surface area contributed by atoms with Crippen LogP contribution in [-0.2, 0) is 0 Å². The standard InChI is InChI=1S/C26H27ClN4O2/c27-22-5-1-3-20(17-22)26(33)30-23-6-2-4-21(18-23)25(32)29-14-7-19-10-15-31(16-11-19)24-8-12-28-13-9-24/h1-6,8-9,12-13,17-19H,7,10-11,14-16H2,(H,29,32)(H,30,33). The van der Waals surface area contributed by atoms with Crippen LogP contribution in [0.4, 0.5) is 11.4 Å². The van der Waals surface area contributed by atoms with Crippen LogP contribution in [0.1, 0.15) is 40.0 Å². The number of piperidine rings is 1. The van der Waals surface area contributed by atoms with E-state index >= 15 is 0 Å².